The number of nitrogens with one attached hydrogen (secondary N) is 1. The summed E-state index contributed by atoms with van der Waals surface area (Å²) in [5, 5.41) is 2.85. The maximum Gasteiger partial charge on any atom is 0.323 e. The number of rotatable bonds is 1. The number of carbonyl (C=O) groups is 1. The number of hydrogen-bond donors (Lipinski definition) is 1. The fourth-order valence-electron chi connectivity index (χ4n) is 2.27. The van der Waals surface area contributed by atoms with E-state index in [-0.39, 0.29) is 6.03 Å². The third kappa shape index (κ3) is 3.10. The van der Waals surface area contributed by atoms with Crippen molar-refractivity contribution in [2.45, 2.75) is 33.6 Å². The summed E-state index contributed by atoms with van der Waals surface area (Å²) < 4.78 is 1.93. The third-order valence-corrected chi connectivity index (χ3v) is 3.23. The third-order valence-electron chi connectivity index (χ3n) is 3.23. The Morgan fingerprint density at radius 2 is 1.90 bits per heavy atom. The van der Waals surface area contributed by atoms with Crippen molar-refractivity contribution in [2.75, 3.05) is 18.4 Å². The summed E-state index contributed by atoms with van der Waals surface area (Å²) in [6.07, 6.45) is 6.03. The van der Waals surface area contributed by atoms with E-state index in [2.05, 4.69) is 10.3 Å². The van der Waals surface area contributed by atoms with Crippen molar-refractivity contribution in [1.82, 2.24) is 14.3 Å². The molecule has 0 aliphatic carbocycles. The minimum absolute atomic E-state index is 0.0485. The van der Waals surface area contributed by atoms with Gasteiger partial charge in [0.25, 0.3) is 0 Å². The van der Waals surface area contributed by atoms with Crippen LogP contribution in [0.5, 0.6) is 0 Å². The van der Waals surface area contributed by atoms with E-state index in [1.807, 2.05) is 54.6 Å². The lowest BCUT2D eigenvalue weighted by Gasteiger charge is -2.14. The number of fused-ring (bicyclic) bond motifs is 1. The van der Waals surface area contributed by atoms with Gasteiger partial charge in [0.05, 0.1) is 6.20 Å². The van der Waals surface area contributed by atoms with Crippen LogP contribution in [-0.4, -0.2) is 33.4 Å². The Hall–Kier alpha value is -2.04. The van der Waals surface area contributed by atoms with Crippen molar-refractivity contribution in [3.63, 3.8) is 0 Å². The lowest BCUT2D eigenvalue weighted by atomic mass is 10.3. The van der Waals surface area contributed by atoms with Gasteiger partial charge in [0, 0.05) is 19.3 Å². The molecule has 3 rings (SSSR count). The first-order valence-corrected chi connectivity index (χ1v) is 7.24. The number of aromatic nitrogens is 2. The van der Waals surface area contributed by atoms with E-state index in [1.165, 1.54) is 0 Å². The zero-order chi connectivity index (χ0) is 14.5. The van der Waals surface area contributed by atoms with Crippen molar-refractivity contribution in [2.24, 2.45) is 0 Å². The maximum atomic E-state index is 11.9. The minimum Gasteiger partial charge on any atom is -0.324 e. The lowest BCUT2D eigenvalue weighted by Crippen LogP contribution is -2.32. The van der Waals surface area contributed by atoms with E-state index in [0.717, 1.165) is 37.1 Å². The number of aryl methyl sites for hydroxylation is 1. The predicted molar refractivity (Wildman–Crippen MR) is 81.1 cm³/mol. The van der Waals surface area contributed by atoms with Gasteiger partial charge >= 0.3 is 6.03 Å². The fourth-order valence-corrected chi connectivity index (χ4v) is 2.27. The first-order chi connectivity index (χ1) is 9.72. The molecule has 0 atom stereocenters. The monoisotopic (exact) mass is 274 g/mol. The number of amides is 2. The molecular formula is C15H22N4O. The first kappa shape index (κ1) is 14.4. The number of imidazole rings is 1. The molecule has 20 heavy (non-hydrogen) atoms. The van der Waals surface area contributed by atoms with Crippen LogP contribution >= 0.6 is 0 Å². The highest BCUT2D eigenvalue weighted by Gasteiger charge is 2.18. The van der Waals surface area contributed by atoms with Crippen molar-refractivity contribution < 1.29 is 4.79 Å². The molecule has 2 aromatic heterocycles. The van der Waals surface area contributed by atoms with Crippen LogP contribution in [0.4, 0.5) is 10.6 Å². The number of urea groups is 1. The summed E-state index contributed by atoms with van der Waals surface area (Å²) >= 11 is 0. The topological polar surface area (TPSA) is 49.6 Å². The number of anilines is 1. The maximum absolute atomic E-state index is 11.9. The first-order valence-electron chi connectivity index (χ1n) is 7.24. The molecule has 2 aromatic rings. The van der Waals surface area contributed by atoms with Crippen molar-refractivity contribution in [1.29, 1.82) is 0 Å². The zero-order valence-corrected chi connectivity index (χ0v) is 12.4. The Labute approximate surface area is 119 Å². The van der Waals surface area contributed by atoms with Crippen LogP contribution < -0.4 is 5.32 Å². The highest BCUT2D eigenvalue weighted by Crippen LogP contribution is 2.13. The summed E-state index contributed by atoms with van der Waals surface area (Å²) in [4.78, 5) is 18.1. The molecule has 0 bridgehead atoms. The molecule has 0 saturated carbocycles. The van der Waals surface area contributed by atoms with Gasteiger partial charge in [0.2, 0.25) is 0 Å². The molecule has 3 heterocycles. The summed E-state index contributed by atoms with van der Waals surface area (Å²) in [6.45, 7) is 7.72. The minimum atomic E-state index is -0.0485. The lowest BCUT2D eigenvalue weighted by molar-refractivity contribution is 0.222. The summed E-state index contributed by atoms with van der Waals surface area (Å²) in [6, 6.07) is 3.91. The van der Waals surface area contributed by atoms with Crippen LogP contribution in [0.25, 0.3) is 5.65 Å². The second-order valence-electron chi connectivity index (χ2n) is 4.72. The molecule has 0 aromatic carbocycles. The van der Waals surface area contributed by atoms with Gasteiger partial charge in [-0.2, -0.15) is 0 Å². The van der Waals surface area contributed by atoms with Gasteiger partial charge in [-0.05, 0) is 31.4 Å². The van der Waals surface area contributed by atoms with E-state index >= 15 is 0 Å². The van der Waals surface area contributed by atoms with Crippen molar-refractivity contribution in [3.05, 3.63) is 30.1 Å². The molecule has 1 fully saturated rings. The summed E-state index contributed by atoms with van der Waals surface area (Å²) in [5.74, 6) is 0.609. The molecule has 1 N–H and O–H groups in total. The number of likely N-dealkylation sites (tertiary alicyclic amines) is 1. The average molecular weight is 274 g/mol. The van der Waals surface area contributed by atoms with Gasteiger partial charge < -0.3 is 9.30 Å². The fraction of sp³-hybridized carbons (Fsp3) is 0.467. The smallest absolute Gasteiger partial charge is 0.323 e. The molecule has 5 heteroatoms. The van der Waals surface area contributed by atoms with E-state index in [1.54, 1.807) is 0 Å². The van der Waals surface area contributed by atoms with Crippen LogP contribution in [0.1, 0.15) is 32.3 Å². The SMILES string of the molecule is CC.Cc1ccc2nc(NC(=O)N3CCCC3)cn2c1. The Morgan fingerprint density at radius 3 is 2.60 bits per heavy atom. The standard InChI is InChI=1S/C13H16N4O.C2H6/c1-10-4-5-12-14-11(9-17(12)8-10)15-13(18)16-6-2-3-7-16;1-2/h4-5,8-9H,2-3,6-7H2,1H3,(H,15,18);1-2H3. The molecule has 0 radical (unpaired) electrons. The quantitative estimate of drug-likeness (QED) is 0.867. The predicted octanol–water partition coefficient (Wildman–Crippen LogP) is 3.30. The molecular weight excluding hydrogens is 252 g/mol. The number of pyridine rings is 1. The Balaban J connectivity index is 0.000000704. The van der Waals surface area contributed by atoms with Gasteiger partial charge in [0.1, 0.15) is 5.65 Å². The molecule has 1 aliphatic heterocycles. The molecule has 108 valence electrons. The molecule has 1 aliphatic rings. The number of hydrogen-bond acceptors (Lipinski definition) is 2. The van der Waals surface area contributed by atoms with Gasteiger partial charge in [-0.1, -0.05) is 19.9 Å². The Morgan fingerprint density at radius 1 is 1.20 bits per heavy atom. The highest BCUT2D eigenvalue weighted by molar-refractivity contribution is 5.88. The van der Waals surface area contributed by atoms with E-state index in [0.29, 0.717) is 5.82 Å². The van der Waals surface area contributed by atoms with Crippen LogP contribution in [0.3, 0.4) is 0 Å². The Bertz CT molecular complexity index is 585. The van der Waals surface area contributed by atoms with Gasteiger partial charge in [-0.25, -0.2) is 9.78 Å². The van der Waals surface area contributed by atoms with Crippen LogP contribution in [0, 0.1) is 6.92 Å². The van der Waals surface area contributed by atoms with Crippen molar-refractivity contribution in [3.8, 4) is 0 Å². The van der Waals surface area contributed by atoms with Crippen LogP contribution in [0.15, 0.2) is 24.5 Å². The number of carbonyl (C=O) groups excluding carboxylic acids is 1. The molecule has 0 spiro atoms. The Kier molecular flexibility index (Phi) is 4.61. The molecule has 1 saturated heterocycles. The molecule has 5 nitrogen and oxygen atoms in total. The van der Waals surface area contributed by atoms with Gasteiger partial charge in [-0.3, -0.25) is 5.32 Å². The summed E-state index contributed by atoms with van der Waals surface area (Å²) in [5.41, 5.74) is 2.01. The largest absolute Gasteiger partial charge is 0.324 e. The van der Waals surface area contributed by atoms with E-state index in [9.17, 15) is 4.79 Å². The zero-order valence-electron chi connectivity index (χ0n) is 12.4. The average Bonchev–Trinajstić information content (AvgIpc) is 3.09. The van der Waals surface area contributed by atoms with Crippen molar-refractivity contribution >= 4 is 17.5 Å². The van der Waals surface area contributed by atoms with Crippen LogP contribution in [0.2, 0.25) is 0 Å². The van der Waals surface area contributed by atoms with E-state index < -0.39 is 0 Å². The summed E-state index contributed by atoms with van der Waals surface area (Å²) in [7, 11) is 0. The second kappa shape index (κ2) is 6.41. The number of nitrogens with zero attached hydrogens (tertiary/aromatic N) is 3. The molecule has 0 unspecified atom stereocenters. The second-order valence-corrected chi connectivity index (χ2v) is 4.72. The van der Waals surface area contributed by atoms with E-state index in [4.69, 9.17) is 0 Å². The highest BCUT2D eigenvalue weighted by atomic mass is 16.2. The van der Waals surface area contributed by atoms with Gasteiger partial charge in [-0.15, -0.1) is 0 Å². The van der Waals surface area contributed by atoms with Gasteiger partial charge in [0.15, 0.2) is 5.82 Å². The normalized spacial score (nSPS) is 14.1. The van der Waals surface area contributed by atoms with Crippen LogP contribution in [-0.2, 0) is 0 Å². The molecule has 2 amide bonds.